The van der Waals surface area contributed by atoms with Crippen LogP contribution in [0.1, 0.15) is 17.2 Å². The zero-order valence-electron chi connectivity index (χ0n) is 10.8. The quantitative estimate of drug-likeness (QED) is 0.889. The van der Waals surface area contributed by atoms with Crippen LogP contribution < -0.4 is 10.1 Å². The number of rotatable bonds is 4. The number of ether oxygens (including phenoxy) is 1. The molecule has 0 amide bonds. The van der Waals surface area contributed by atoms with Crippen LogP contribution in [0.15, 0.2) is 46.9 Å². The molecule has 0 heterocycles. The Bertz CT molecular complexity index is 574. The first-order valence-corrected chi connectivity index (χ1v) is 7.09. The minimum absolute atomic E-state index is 0.0981. The SMILES string of the molecule is CNC(c1cccc(Br)c1)c1ccc(OC)c(Cl)c1. The van der Waals surface area contributed by atoms with E-state index in [-0.39, 0.29) is 6.04 Å². The Labute approximate surface area is 126 Å². The van der Waals surface area contributed by atoms with E-state index in [1.165, 1.54) is 5.56 Å². The van der Waals surface area contributed by atoms with E-state index in [1.807, 2.05) is 37.4 Å². The Morgan fingerprint density at radius 2 is 1.89 bits per heavy atom. The summed E-state index contributed by atoms with van der Waals surface area (Å²) in [5.74, 6) is 0.689. The second-order valence-electron chi connectivity index (χ2n) is 4.17. The van der Waals surface area contributed by atoms with Gasteiger partial charge in [-0.2, -0.15) is 0 Å². The lowest BCUT2D eigenvalue weighted by molar-refractivity contribution is 0.414. The van der Waals surface area contributed by atoms with Gasteiger partial charge in [0, 0.05) is 4.47 Å². The average Bonchev–Trinajstić information content (AvgIpc) is 2.40. The standard InChI is InChI=1S/C15H15BrClNO/c1-18-15(10-4-3-5-12(16)8-10)11-6-7-14(19-2)13(17)9-11/h3-9,15,18H,1-2H3. The smallest absolute Gasteiger partial charge is 0.137 e. The summed E-state index contributed by atoms with van der Waals surface area (Å²) in [6.45, 7) is 0. The number of hydrogen-bond donors (Lipinski definition) is 1. The third-order valence-electron chi connectivity index (χ3n) is 2.98. The lowest BCUT2D eigenvalue weighted by atomic mass is 9.99. The third-order valence-corrected chi connectivity index (χ3v) is 3.77. The van der Waals surface area contributed by atoms with Gasteiger partial charge in [-0.15, -0.1) is 0 Å². The molecular formula is C15H15BrClNO. The Morgan fingerprint density at radius 1 is 1.16 bits per heavy atom. The van der Waals surface area contributed by atoms with Gasteiger partial charge >= 0.3 is 0 Å². The highest BCUT2D eigenvalue weighted by Gasteiger charge is 2.13. The highest BCUT2D eigenvalue weighted by atomic mass is 79.9. The van der Waals surface area contributed by atoms with Crippen molar-refractivity contribution in [2.75, 3.05) is 14.2 Å². The van der Waals surface area contributed by atoms with Gasteiger partial charge in [0.25, 0.3) is 0 Å². The lowest BCUT2D eigenvalue weighted by Crippen LogP contribution is -2.17. The molecule has 0 radical (unpaired) electrons. The van der Waals surface area contributed by atoms with Crippen LogP contribution in [-0.2, 0) is 0 Å². The molecule has 19 heavy (non-hydrogen) atoms. The van der Waals surface area contributed by atoms with Crippen LogP contribution in [0, 0.1) is 0 Å². The summed E-state index contributed by atoms with van der Waals surface area (Å²) in [6, 6.07) is 14.2. The molecule has 2 nitrogen and oxygen atoms in total. The molecule has 0 saturated carbocycles. The van der Waals surface area contributed by atoms with Crippen LogP contribution >= 0.6 is 27.5 Å². The summed E-state index contributed by atoms with van der Waals surface area (Å²) in [5.41, 5.74) is 2.28. The van der Waals surface area contributed by atoms with Gasteiger partial charge in [0.2, 0.25) is 0 Å². The van der Waals surface area contributed by atoms with E-state index in [0.717, 1.165) is 10.0 Å². The molecule has 0 fully saturated rings. The fourth-order valence-corrected chi connectivity index (χ4v) is 2.76. The summed E-state index contributed by atoms with van der Waals surface area (Å²) in [6.07, 6.45) is 0. The summed E-state index contributed by atoms with van der Waals surface area (Å²) in [4.78, 5) is 0. The topological polar surface area (TPSA) is 21.3 Å². The predicted molar refractivity (Wildman–Crippen MR) is 83.0 cm³/mol. The van der Waals surface area contributed by atoms with Crippen LogP contribution in [0.2, 0.25) is 5.02 Å². The third kappa shape index (κ3) is 3.30. The molecule has 2 aromatic carbocycles. The summed E-state index contributed by atoms with van der Waals surface area (Å²) in [7, 11) is 3.55. The molecule has 100 valence electrons. The number of methoxy groups -OCH3 is 1. The van der Waals surface area contributed by atoms with Crippen molar-refractivity contribution in [2.45, 2.75) is 6.04 Å². The summed E-state index contributed by atoms with van der Waals surface area (Å²) < 4.78 is 6.24. The van der Waals surface area contributed by atoms with E-state index in [4.69, 9.17) is 16.3 Å². The molecule has 0 aliphatic rings. The highest BCUT2D eigenvalue weighted by molar-refractivity contribution is 9.10. The maximum atomic E-state index is 6.19. The molecule has 0 bridgehead atoms. The summed E-state index contributed by atoms with van der Waals surface area (Å²) in [5, 5.41) is 3.93. The first-order valence-electron chi connectivity index (χ1n) is 5.92. The molecule has 0 aromatic heterocycles. The van der Waals surface area contributed by atoms with Gasteiger partial charge in [-0.25, -0.2) is 0 Å². The van der Waals surface area contributed by atoms with E-state index in [0.29, 0.717) is 10.8 Å². The molecule has 1 N–H and O–H groups in total. The zero-order valence-corrected chi connectivity index (χ0v) is 13.1. The highest BCUT2D eigenvalue weighted by Crippen LogP contribution is 2.30. The van der Waals surface area contributed by atoms with Crippen LogP contribution in [0.25, 0.3) is 0 Å². The molecule has 4 heteroatoms. The van der Waals surface area contributed by atoms with Gasteiger partial charge < -0.3 is 10.1 Å². The van der Waals surface area contributed by atoms with Gasteiger partial charge in [-0.1, -0.05) is 45.7 Å². The molecule has 0 aliphatic heterocycles. The van der Waals surface area contributed by atoms with E-state index >= 15 is 0 Å². The van der Waals surface area contributed by atoms with E-state index < -0.39 is 0 Å². The number of halogens is 2. The van der Waals surface area contributed by atoms with Gasteiger partial charge in [-0.05, 0) is 42.4 Å². The van der Waals surface area contributed by atoms with Crippen LogP contribution in [0.3, 0.4) is 0 Å². The molecule has 2 aromatic rings. The number of nitrogens with one attached hydrogen (secondary N) is 1. The first-order chi connectivity index (χ1) is 9.15. The van der Waals surface area contributed by atoms with Crippen LogP contribution in [-0.4, -0.2) is 14.2 Å². The maximum absolute atomic E-state index is 6.19. The number of hydrogen-bond acceptors (Lipinski definition) is 2. The average molecular weight is 341 g/mol. The first kappa shape index (κ1) is 14.4. The van der Waals surface area contributed by atoms with Crippen LogP contribution in [0.5, 0.6) is 5.75 Å². The van der Waals surface area contributed by atoms with Crippen molar-refractivity contribution >= 4 is 27.5 Å². The van der Waals surface area contributed by atoms with E-state index in [9.17, 15) is 0 Å². The van der Waals surface area contributed by atoms with Gasteiger partial charge in [0.1, 0.15) is 5.75 Å². The van der Waals surface area contributed by atoms with Crippen molar-refractivity contribution in [1.82, 2.24) is 5.32 Å². The summed E-state index contributed by atoms with van der Waals surface area (Å²) >= 11 is 9.68. The molecule has 0 saturated heterocycles. The predicted octanol–water partition coefficient (Wildman–Crippen LogP) is 4.42. The molecule has 1 unspecified atom stereocenters. The zero-order chi connectivity index (χ0) is 13.8. The Kier molecular flexibility index (Phi) is 4.86. The molecule has 1 atom stereocenters. The van der Waals surface area contributed by atoms with Crippen molar-refractivity contribution in [3.63, 3.8) is 0 Å². The van der Waals surface area contributed by atoms with Gasteiger partial charge in [0.15, 0.2) is 0 Å². The lowest BCUT2D eigenvalue weighted by Gasteiger charge is -2.18. The van der Waals surface area contributed by atoms with E-state index in [1.54, 1.807) is 7.11 Å². The molecule has 2 rings (SSSR count). The Hall–Kier alpha value is -1.03. The van der Waals surface area contributed by atoms with Gasteiger partial charge in [-0.3, -0.25) is 0 Å². The molecular weight excluding hydrogens is 326 g/mol. The van der Waals surface area contributed by atoms with Crippen molar-refractivity contribution in [1.29, 1.82) is 0 Å². The van der Waals surface area contributed by atoms with Crippen molar-refractivity contribution in [3.05, 3.63) is 63.1 Å². The monoisotopic (exact) mass is 339 g/mol. The largest absolute Gasteiger partial charge is 0.495 e. The van der Waals surface area contributed by atoms with Crippen LogP contribution in [0.4, 0.5) is 0 Å². The van der Waals surface area contributed by atoms with Crippen molar-refractivity contribution < 1.29 is 4.74 Å². The Morgan fingerprint density at radius 3 is 2.47 bits per heavy atom. The maximum Gasteiger partial charge on any atom is 0.137 e. The van der Waals surface area contributed by atoms with Gasteiger partial charge in [0.05, 0.1) is 18.2 Å². The minimum Gasteiger partial charge on any atom is -0.495 e. The fourth-order valence-electron chi connectivity index (χ4n) is 2.07. The number of benzene rings is 2. The minimum atomic E-state index is 0.0981. The van der Waals surface area contributed by atoms with E-state index in [2.05, 4.69) is 33.4 Å². The Balaban J connectivity index is 2.39. The molecule has 0 aliphatic carbocycles. The van der Waals surface area contributed by atoms with Crippen molar-refractivity contribution in [3.8, 4) is 5.75 Å². The molecule has 0 spiro atoms. The second-order valence-corrected chi connectivity index (χ2v) is 5.49. The fraction of sp³-hybridized carbons (Fsp3) is 0.200. The second kappa shape index (κ2) is 6.42. The van der Waals surface area contributed by atoms with Crippen molar-refractivity contribution in [2.24, 2.45) is 0 Å². The normalized spacial score (nSPS) is 12.2.